The molecule has 0 aliphatic rings. The molecule has 0 aromatic heterocycles. The van der Waals surface area contributed by atoms with Crippen LogP contribution in [0.4, 0.5) is 0 Å². The van der Waals surface area contributed by atoms with Crippen LogP contribution in [0.1, 0.15) is 33.6 Å². The maximum atomic E-state index is 11.8. The van der Waals surface area contributed by atoms with Gasteiger partial charge in [-0.05, 0) is 27.2 Å². The third-order valence-electron chi connectivity index (χ3n) is 2.51. The van der Waals surface area contributed by atoms with Gasteiger partial charge in [-0.1, -0.05) is 6.08 Å². The second-order valence-electron chi connectivity index (χ2n) is 6.03. The van der Waals surface area contributed by atoms with Crippen molar-refractivity contribution in [2.45, 2.75) is 45.2 Å². The Labute approximate surface area is 142 Å². The Bertz CT molecular complexity index is 491. The van der Waals surface area contributed by atoms with Crippen molar-refractivity contribution >= 4 is 17.8 Å². The van der Waals surface area contributed by atoms with Gasteiger partial charge in [-0.15, -0.1) is 6.58 Å². The molecule has 1 unspecified atom stereocenters. The summed E-state index contributed by atoms with van der Waals surface area (Å²) in [6, 6.07) is 0.582. The van der Waals surface area contributed by atoms with E-state index < -0.39 is 24.2 Å². The minimum atomic E-state index is -1.09. The molecule has 2 N–H and O–H groups in total. The Morgan fingerprint density at radius 3 is 2.50 bits per heavy atom. The highest BCUT2D eigenvalue weighted by molar-refractivity contribution is 5.84. The first-order valence-corrected chi connectivity index (χ1v) is 7.52. The minimum Gasteiger partial charge on any atom is -0.449 e. The number of nitriles is 1. The lowest BCUT2D eigenvalue weighted by Gasteiger charge is -2.21. The topological polar surface area (TPSA) is 118 Å². The van der Waals surface area contributed by atoms with E-state index in [0.717, 1.165) is 0 Å². The number of nitrogens with one attached hydrogen (secondary N) is 2. The summed E-state index contributed by atoms with van der Waals surface area (Å²) in [6.07, 6.45) is 2.20. The van der Waals surface area contributed by atoms with Gasteiger partial charge >= 0.3 is 5.97 Å². The summed E-state index contributed by atoms with van der Waals surface area (Å²) in [7, 11) is 0. The van der Waals surface area contributed by atoms with Gasteiger partial charge in [-0.25, -0.2) is 4.79 Å². The third-order valence-corrected chi connectivity index (χ3v) is 2.51. The lowest BCUT2D eigenvalue weighted by atomic mass is 10.1. The molecule has 0 saturated carbocycles. The number of amides is 2. The van der Waals surface area contributed by atoms with E-state index >= 15 is 0 Å². The summed E-state index contributed by atoms with van der Waals surface area (Å²) in [4.78, 5) is 35.2. The second-order valence-corrected chi connectivity index (χ2v) is 6.03. The quantitative estimate of drug-likeness (QED) is 0.440. The van der Waals surface area contributed by atoms with Crippen LogP contribution < -0.4 is 10.6 Å². The normalized spacial score (nSPS) is 11.8. The van der Waals surface area contributed by atoms with Crippen LogP contribution in [0.3, 0.4) is 0 Å². The fourth-order valence-electron chi connectivity index (χ4n) is 1.60. The van der Waals surface area contributed by atoms with E-state index in [0.29, 0.717) is 6.42 Å². The Morgan fingerprint density at radius 1 is 1.29 bits per heavy atom. The smallest absolute Gasteiger partial charge is 0.332 e. The Balaban J connectivity index is 4.51. The van der Waals surface area contributed by atoms with Crippen LogP contribution in [-0.4, -0.2) is 49.2 Å². The molecule has 8 nitrogen and oxygen atoms in total. The number of esters is 1. The van der Waals surface area contributed by atoms with Gasteiger partial charge in [0.05, 0.1) is 6.61 Å². The van der Waals surface area contributed by atoms with Crippen molar-refractivity contribution in [1.82, 2.24) is 10.6 Å². The highest BCUT2D eigenvalue weighted by Crippen LogP contribution is 1.99. The molecule has 0 saturated heterocycles. The van der Waals surface area contributed by atoms with Crippen LogP contribution in [0, 0.1) is 11.3 Å². The Hall–Kier alpha value is -2.40. The summed E-state index contributed by atoms with van der Waals surface area (Å²) in [5.41, 5.74) is -0.398. The molecule has 0 fully saturated rings. The van der Waals surface area contributed by atoms with Gasteiger partial charge in [0, 0.05) is 12.0 Å². The van der Waals surface area contributed by atoms with Crippen molar-refractivity contribution in [3.63, 3.8) is 0 Å². The molecule has 0 bridgehead atoms. The molecule has 0 aliphatic heterocycles. The van der Waals surface area contributed by atoms with Crippen LogP contribution in [0.5, 0.6) is 0 Å². The van der Waals surface area contributed by atoms with Gasteiger partial charge < -0.3 is 20.1 Å². The van der Waals surface area contributed by atoms with Crippen molar-refractivity contribution in [2.75, 3.05) is 19.8 Å². The number of carbonyl (C=O) groups excluding carboxylic acids is 3. The maximum Gasteiger partial charge on any atom is 0.332 e. The zero-order valence-electron chi connectivity index (χ0n) is 14.4. The van der Waals surface area contributed by atoms with Crippen molar-refractivity contribution in [1.29, 1.82) is 5.26 Å². The van der Waals surface area contributed by atoms with Gasteiger partial charge in [0.1, 0.15) is 12.7 Å². The molecule has 8 heteroatoms. The monoisotopic (exact) mass is 339 g/mol. The number of carbonyl (C=O) groups is 3. The Kier molecular flexibility index (Phi) is 10.1. The zero-order chi connectivity index (χ0) is 18.6. The van der Waals surface area contributed by atoms with Gasteiger partial charge in [0.25, 0.3) is 0 Å². The standard InChI is InChI=1S/C16H25N3O5/c1-5-6-7-13(20)18-12(15(22)24-9-8-17)10-23-11-14(21)19-16(2,3)4/h5,12H,1,6-7,9-11H2,2-4H3,(H,18,20)(H,19,21). The van der Waals surface area contributed by atoms with Crippen molar-refractivity contribution in [2.24, 2.45) is 0 Å². The number of nitrogens with zero attached hydrogens (tertiary/aromatic N) is 1. The lowest BCUT2D eigenvalue weighted by molar-refractivity contribution is -0.149. The molecule has 1 atom stereocenters. The van der Waals surface area contributed by atoms with E-state index in [9.17, 15) is 14.4 Å². The van der Waals surface area contributed by atoms with E-state index in [1.165, 1.54) is 0 Å². The maximum absolute atomic E-state index is 11.8. The number of rotatable bonds is 10. The van der Waals surface area contributed by atoms with Crippen LogP contribution >= 0.6 is 0 Å². The first kappa shape index (κ1) is 21.6. The molecule has 2 amide bonds. The average Bonchev–Trinajstić information content (AvgIpc) is 2.47. The molecule has 134 valence electrons. The van der Waals surface area contributed by atoms with Crippen LogP contribution in [0.15, 0.2) is 12.7 Å². The van der Waals surface area contributed by atoms with E-state index in [1.807, 2.05) is 20.8 Å². The number of hydrogen-bond acceptors (Lipinski definition) is 6. The predicted octanol–water partition coefficient (Wildman–Crippen LogP) is 0.435. The predicted molar refractivity (Wildman–Crippen MR) is 86.6 cm³/mol. The minimum absolute atomic E-state index is 0.163. The average molecular weight is 339 g/mol. The third kappa shape index (κ3) is 11.2. The molecule has 0 radical (unpaired) electrons. The van der Waals surface area contributed by atoms with Gasteiger partial charge in [0.2, 0.25) is 11.8 Å². The summed E-state index contributed by atoms with van der Waals surface area (Å²) in [5, 5.41) is 13.6. The highest BCUT2D eigenvalue weighted by atomic mass is 16.5. The van der Waals surface area contributed by atoms with E-state index in [2.05, 4.69) is 21.9 Å². The van der Waals surface area contributed by atoms with Crippen molar-refractivity contribution in [3.8, 4) is 6.07 Å². The lowest BCUT2D eigenvalue weighted by Crippen LogP contribution is -2.46. The molecule has 24 heavy (non-hydrogen) atoms. The van der Waals surface area contributed by atoms with E-state index in [-0.39, 0.29) is 31.4 Å². The molecule has 0 aromatic rings. The van der Waals surface area contributed by atoms with Gasteiger partial charge in [0.15, 0.2) is 12.6 Å². The number of ether oxygens (including phenoxy) is 2. The summed E-state index contributed by atoms with van der Waals surface area (Å²) < 4.78 is 9.86. The van der Waals surface area contributed by atoms with Crippen LogP contribution in [0.2, 0.25) is 0 Å². The van der Waals surface area contributed by atoms with Crippen LogP contribution in [0.25, 0.3) is 0 Å². The van der Waals surface area contributed by atoms with Crippen molar-refractivity contribution < 1.29 is 23.9 Å². The zero-order valence-corrected chi connectivity index (χ0v) is 14.4. The molecule has 0 spiro atoms. The first-order chi connectivity index (χ1) is 11.2. The number of allylic oxidation sites excluding steroid dienone is 1. The Morgan fingerprint density at radius 2 is 1.96 bits per heavy atom. The summed E-state index contributed by atoms with van der Waals surface area (Å²) in [5.74, 6) is -1.51. The van der Waals surface area contributed by atoms with Gasteiger partial charge in [-0.3, -0.25) is 9.59 Å². The fraction of sp³-hybridized carbons (Fsp3) is 0.625. The molecule has 0 rings (SSSR count). The number of hydrogen-bond donors (Lipinski definition) is 2. The van der Waals surface area contributed by atoms with Gasteiger partial charge in [-0.2, -0.15) is 5.26 Å². The van der Waals surface area contributed by atoms with Crippen LogP contribution in [-0.2, 0) is 23.9 Å². The SMILES string of the molecule is C=CCCC(=O)NC(COCC(=O)NC(C)(C)C)C(=O)OCC#N. The molecule has 0 heterocycles. The highest BCUT2D eigenvalue weighted by Gasteiger charge is 2.23. The molecule has 0 aromatic carbocycles. The molecular weight excluding hydrogens is 314 g/mol. The summed E-state index contributed by atoms with van der Waals surface area (Å²) in [6.45, 7) is 8.06. The fourth-order valence-corrected chi connectivity index (χ4v) is 1.60. The molecule has 0 aliphatic carbocycles. The molecular formula is C16H25N3O5. The summed E-state index contributed by atoms with van der Waals surface area (Å²) >= 11 is 0. The second kappa shape index (κ2) is 11.2. The van der Waals surface area contributed by atoms with E-state index in [4.69, 9.17) is 10.00 Å². The van der Waals surface area contributed by atoms with E-state index in [1.54, 1.807) is 12.1 Å². The largest absolute Gasteiger partial charge is 0.449 e. The van der Waals surface area contributed by atoms with Crippen molar-refractivity contribution in [3.05, 3.63) is 12.7 Å². The first-order valence-electron chi connectivity index (χ1n) is 7.52.